The van der Waals surface area contributed by atoms with Gasteiger partial charge in [-0.05, 0) is 24.3 Å². The van der Waals surface area contributed by atoms with E-state index < -0.39 is 0 Å². The van der Waals surface area contributed by atoms with E-state index in [0.29, 0.717) is 9.83 Å². The van der Waals surface area contributed by atoms with Gasteiger partial charge < -0.3 is 0 Å². The molecular formula is C9H20S4. The molecule has 0 saturated heterocycles. The van der Waals surface area contributed by atoms with Crippen molar-refractivity contribution >= 4 is 49.6 Å². The van der Waals surface area contributed by atoms with Crippen molar-refractivity contribution in [1.29, 1.82) is 0 Å². The van der Waals surface area contributed by atoms with Crippen LogP contribution in [-0.4, -0.2) is 21.3 Å². The minimum Gasteiger partial charge on any atom is -0.179 e. The molecule has 0 rings (SSSR count). The number of thioether (sulfide) groups is 1. The molecule has 0 aromatic heterocycles. The number of hydrogen-bond donors (Lipinski definition) is 3. The first-order valence-corrected chi connectivity index (χ1v) is 7.48. The second kappa shape index (κ2) is 9.94. The summed E-state index contributed by atoms with van der Waals surface area (Å²) in [4.78, 5) is 0. The molecule has 2 unspecified atom stereocenters. The third-order valence-corrected chi connectivity index (χ3v) is 4.97. The highest BCUT2D eigenvalue weighted by Gasteiger charge is 2.07. The lowest BCUT2D eigenvalue weighted by Crippen LogP contribution is -2.06. The van der Waals surface area contributed by atoms with E-state index in [1.807, 2.05) is 11.8 Å². The highest BCUT2D eigenvalue weighted by atomic mass is 32.2. The van der Waals surface area contributed by atoms with Crippen LogP contribution in [0.25, 0.3) is 0 Å². The van der Waals surface area contributed by atoms with Crippen LogP contribution in [0.4, 0.5) is 0 Å². The highest BCUT2D eigenvalue weighted by molar-refractivity contribution is 8.11. The van der Waals surface area contributed by atoms with E-state index in [1.54, 1.807) is 0 Å². The second-order valence-corrected chi connectivity index (χ2v) is 6.56. The van der Waals surface area contributed by atoms with Crippen LogP contribution >= 0.6 is 49.6 Å². The minimum atomic E-state index is 0.380. The van der Waals surface area contributed by atoms with E-state index in [9.17, 15) is 0 Å². The van der Waals surface area contributed by atoms with E-state index in [2.05, 4.69) is 44.8 Å². The van der Waals surface area contributed by atoms with Gasteiger partial charge in [0.05, 0.1) is 4.58 Å². The average Bonchev–Trinajstić information content (AvgIpc) is 2.10. The van der Waals surface area contributed by atoms with Crippen molar-refractivity contribution < 1.29 is 0 Å². The van der Waals surface area contributed by atoms with Gasteiger partial charge in [-0.2, -0.15) is 37.9 Å². The number of rotatable bonds is 8. The van der Waals surface area contributed by atoms with Gasteiger partial charge in [0.15, 0.2) is 0 Å². The number of unbranched alkanes of at least 4 members (excludes halogenated alkanes) is 3. The topological polar surface area (TPSA) is 0 Å². The molecule has 0 aliphatic rings. The first kappa shape index (κ1) is 14.4. The van der Waals surface area contributed by atoms with E-state index in [4.69, 9.17) is 0 Å². The van der Waals surface area contributed by atoms with Crippen LogP contribution in [0.2, 0.25) is 0 Å². The zero-order valence-electron chi connectivity index (χ0n) is 8.15. The van der Waals surface area contributed by atoms with Crippen LogP contribution in [0.15, 0.2) is 0 Å². The quantitative estimate of drug-likeness (QED) is 0.337. The SMILES string of the molecule is CC(S)C(S)SCCCCCCS. The largest absolute Gasteiger partial charge is 0.179 e. The lowest BCUT2D eigenvalue weighted by Gasteiger charge is -2.12. The number of hydrogen-bond acceptors (Lipinski definition) is 4. The maximum atomic E-state index is 4.44. The lowest BCUT2D eigenvalue weighted by atomic mass is 10.2. The normalized spacial score (nSPS) is 15.7. The van der Waals surface area contributed by atoms with Crippen LogP contribution in [0, 0.1) is 0 Å². The standard InChI is InChI=1S/C9H20S4/c1-8(11)9(12)13-7-5-3-2-4-6-10/h8-12H,2-7H2,1H3. The van der Waals surface area contributed by atoms with Crippen molar-refractivity contribution in [2.45, 2.75) is 42.4 Å². The Morgan fingerprint density at radius 1 is 1.08 bits per heavy atom. The summed E-state index contributed by atoms with van der Waals surface area (Å²) < 4.78 is 0.383. The summed E-state index contributed by atoms with van der Waals surface area (Å²) in [5.41, 5.74) is 0. The fraction of sp³-hybridized carbons (Fsp3) is 1.00. The molecule has 4 heteroatoms. The molecule has 0 bridgehead atoms. The molecule has 0 saturated carbocycles. The van der Waals surface area contributed by atoms with Crippen molar-refractivity contribution in [2.75, 3.05) is 11.5 Å². The molecule has 0 aromatic carbocycles. The van der Waals surface area contributed by atoms with Crippen molar-refractivity contribution in [2.24, 2.45) is 0 Å². The van der Waals surface area contributed by atoms with E-state index >= 15 is 0 Å². The summed E-state index contributed by atoms with van der Waals surface area (Å²) in [5, 5.41) is 0.380. The van der Waals surface area contributed by atoms with Gasteiger partial charge in [0, 0.05) is 5.25 Å². The van der Waals surface area contributed by atoms with Gasteiger partial charge in [0.1, 0.15) is 0 Å². The van der Waals surface area contributed by atoms with Gasteiger partial charge >= 0.3 is 0 Å². The molecule has 0 aliphatic heterocycles. The predicted molar refractivity (Wildman–Crippen MR) is 76.0 cm³/mol. The van der Waals surface area contributed by atoms with Gasteiger partial charge in [0.25, 0.3) is 0 Å². The Kier molecular flexibility index (Phi) is 11.0. The Labute approximate surface area is 103 Å². The average molecular weight is 257 g/mol. The molecule has 0 spiro atoms. The molecule has 0 heterocycles. The van der Waals surface area contributed by atoms with Gasteiger partial charge in [-0.15, -0.1) is 11.8 Å². The lowest BCUT2D eigenvalue weighted by molar-refractivity contribution is 0.712. The van der Waals surface area contributed by atoms with Gasteiger partial charge in [-0.3, -0.25) is 0 Å². The fourth-order valence-corrected chi connectivity index (χ4v) is 2.60. The summed E-state index contributed by atoms with van der Waals surface area (Å²) in [6.45, 7) is 2.09. The maximum absolute atomic E-state index is 4.44. The van der Waals surface area contributed by atoms with Gasteiger partial charge in [-0.1, -0.05) is 19.8 Å². The maximum Gasteiger partial charge on any atom is 0.0585 e. The summed E-state index contributed by atoms with van der Waals surface area (Å²) in [5.74, 6) is 2.24. The highest BCUT2D eigenvalue weighted by Crippen LogP contribution is 2.23. The molecular weight excluding hydrogens is 236 g/mol. The monoisotopic (exact) mass is 256 g/mol. The minimum absolute atomic E-state index is 0.380. The third-order valence-electron chi connectivity index (χ3n) is 1.75. The van der Waals surface area contributed by atoms with Crippen molar-refractivity contribution in [3.8, 4) is 0 Å². The van der Waals surface area contributed by atoms with Crippen molar-refractivity contribution in [3.05, 3.63) is 0 Å². The summed E-state index contributed by atoms with van der Waals surface area (Å²) >= 11 is 14.9. The Bertz CT molecular complexity index is 106. The third kappa shape index (κ3) is 9.70. The van der Waals surface area contributed by atoms with E-state index in [-0.39, 0.29) is 0 Å². The molecule has 0 aliphatic carbocycles. The Morgan fingerprint density at radius 2 is 1.69 bits per heavy atom. The molecule has 0 fully saturated rings. The first-order chi connectivity index (χ1) is 6.18. The fourth-order valence-electron chi connectivity index (χ4n) is 0.911. The van der Waals surface area contributed by atoms with Crippen LogP contribution in [0.5, 0.6) is 0 Å². The van der Waals surface area contributed by atoms with E-state index in [0.717, 1.165) is 5.75 Å². The van der Waals surface area contributed by atoms with Crippen LogP contribution < -0.4 is 0 Å². The summed E-state index contributed by atoms with van der Waals surface area (Å²) in [6.07, 6.45) is 5.20. The smallest absolute Gasteiger partial charge is 0.0585 e. The molecule has 80 valence electrons. The molecule has 0 amide bonds. The zero-order chi connectivity index (χ0) is 10.1. The van der Waals surface area contributed by atoms with Crippen LogP contribution in [0.3, 0.4) is 0 Å². The molecule has 0 N–H and O–H groups in total. The van der Waals surface area contributed by atoms with Crippen LogP contribution in [0.1, 0.15) is 32.6 Å². The van der Waals surface area contributed by atoms with Gasteiger partial charge in [-0.25, -0.2) is 0 Å². The van der Waals surface area contributed by atoms with E-state index in [1.165, 1.54) is 31.4 Å². The molecule has 0 nitrogen and oxygen atoms in total. The summed E-state index contributed by atoms with van der Waals surface area (Å²) in [7, 11) is 0. The molecule has 2 atom stereocenters. The predicted octanol–water partition coefficient (Wildman–Crippen LogP) is 3.78. The zero-order valence-corrected chi connectivity index (χ0v) is 11.6. The van der Waals surface area contributed by atoms with Crippen molar-refractivity contribution in [3.63, 3.8) is 0 Å². The molecule has 0 aromatic rings. The van der Waals surface area contributed by atoms with Gasteiger partial charge in [0.2, 0.25) is 0 Å². The summed E-state index contributed by atoms with van der Waals surface area (Å²) in [6, 6.07) is 0. The number of thiol groups is 3. The Hall–Kier alpha value is 1.40. The first-order valence-electron chi connectivity index (χ1n) is 4.77. The molecule has 13 heavy (non-hydrogen) atoms. The van der Waals surface area contributed by atoms with Crippen LogP contribution in [-0.2, 0) is 0 Å². The Balaban J connectivity index is 3.07. The van der Waals surface area contributed by atoms with Crippen molar-refractivity contribution in [1.82, 2.24) is 0 Å². The second-order valence-electron chi connectivity index (χ2n) is 3.14. The Morgan fingerprint density at radius 3 is 2.23 bits per heavy atom. The molecule has 0 radical (unpaired) electrons.